The molecule has 1 amide bonds. The molecule has 0 atom stereocenters. The third kappa shape index (κ3) is 4.46. The molecule has 2 aromatic carbocycles. The number of halogens is 2. The Labute approximate surface area is 162 Å². The zero-order chi connectivity index (χ0) is 19.4. The van der Waals surface area contributed by atoms with Crippen molar-refractivity contribution in [3.8, 4) is 0 Å². The fraction of sp³-hybridized carbons (Fsp3) is 0.300. The zero-order valence-corrected chi connectivity index (χ0v) is 16.0. The van der Waals surface area contributed by atoms with E-state index in [0.29, 0.717) is 53.9 Å². The SMILES string of the molecule is C/C(=N/NC(=O)c1ccccc1Cl)c1cc(F)c(N2CCOCC2)cc1C. The highest BCUT2D eigenvalue weighted by Gasteiger charge is 2.18. The number of carbonyl (C=O) groups is 1. The smallest absolute Gasteiger partial charge is 0.272 e. The van der Waals surface area contributed by atoms with Gasteiger partial charge < -0.3 is 9.64 Å². The van der Waals surface area contributed by atoms with Crippen molar-refractivity contribution in [3.63, 3.8) is 0 Å². The van der Waals surface area contributed by atoms with Crippen LogP contribution in [0.1, 0.15) is 28.4 Å². The minimum atomic E-state index is -0.414. The summed E-state index contributed by atoms with van der Waals surface area (Å²) in [6.07, 6.45) is 0. The molecule has 1 fully saturated rings. The van der Waals surface area contributed by atoms with Crippen molar-refractivity contribution in [2.24, 2.45) is 5.10 Å². The van der Waals surface area contributed by atoms with Crippen LogP contribution >= 0.6 is 11.6 Å². The Hall–Kier alpha value is -2.44. The third-order valence-corrected chi connectivity index (χ3v) is 4.81. The minimum Gasteiger partial charge on any atom is -0.378 e. The molecule has 5 nitrogen and oxygen atoms in total. The van der Waals surface area contributed by atoms with Crippen LogP contribution in [0.4, 0.5) is 10.1 Å². The van der Waals surface area contributed by atoms with E-state index in [1.807, 2.05) is 17.9 Å². The maximum Gasteiger partial charge on any atom is 0.272 e. The van der Waals surface area contributed by atoms with E-state index in [2.05, 4.69) is 10.5 Å². The summed E-state index contributed by atoms with van der Waals surface area (Å²) in [5, 5.41) is 4.46. The average Bonchev–Trinajstić information content (AvgIpc) is 2.68. The summed E-state index contributed by atoms with van der Waals surface area (Å²) in [7, 11) is 0. The zero-order valence-electron chi connectivity index (χ0n) is 15.3. The van der Waals surface area contributed by atoms with Crippen LogP contribution in [0, 0.1) is 12.7 Å². The quantitative estimate of drug-likeness (QED) is 0.639. The number of carbonyl (C=O) groups excluding carboxylic acids is 1. The van der Waals surface area contributed by atoms with Crippen molar-refractivity contribution in [1.29, 1.82) is 0 Å². The summed E-state index contributed by atoms with van der Waals surface area (Å²) in [5.74, 6) is -0.729. The van der Waals surface area contributed by atoms with E-state index >= 15 is 0 Å². The Balaban J connectivity index is 1.79. The first-order chi connectivity index (χ1) is 13.0. The van der Waals surface area contributed by atoms with Crippen LogP contribution in [0.5, 0.6) is 0 Å². The van der Waals surface area contributed by atoms with Crippen molar-refractivity contribution < 1.29 is 13.9 Å². The maximum atomic E-state index is 14.6. The van der Waals surface area contributed by atoms with Gasteiger partial charge in [-0.05, 0) is 43.7 Å². The highest BCUT2D eigenvalue weighted by atomic mass is 35.5. The van der Waals surface area contributed by atoms with E-state index in [1.165, 1.54) is 6.07 Å². The second-order valence-electron chi connectivity index (χ2n) is 6.34. The van der Waals surface area contributed by atoms with E-state index in [0.717, 1.165) is 5.56 Å². The van der Waals surface area contributed by atoms with Crippen LogP contribution in [0.2, 0.25) is 5.02 Å². The number of rotatable bonds is 4. The topological polar surface area (TPSA) is 53.9 Å². The van der Waals surface area contributed by atoms with Gasteiger partial charge in [-0.15, -0.1) is 0 Å². The lowest BCUT2D eigenvalue weighted by atomic mass is 10.0. The van der Waals surface area contributed by atoms with Crippen molar-refractivity contribution >= 4 is 28.9 Å². The van der Waals surface area contributed by atoms with Crippen molar-refractivity contribution in [1.82, 2.24) is 5.43 Å². The molecule has 0 aromatic heterocycles. The molecule has 7 heteroatoms. The van der Waals surface area contributed by atoms with E-state index in [9.17, 15) is 9.18 Å². The molecule has 0 spiro atoms. The Bertz CT molecular complexity index is 880. The van der Waals surface area contributed by atoms with Gasteiger partial charge in [-0.2, -0.15) is 5.10 Å². The Morgan fingerprint density at radius 2 is 1.93 bits per heavy atom. The maximum absolute atomic E-state index is 14.6. The number of hydrazone groups is 1. The standard InChI is InChI=1S/C20H21ClFN3O2/c1-13-11-19(25-7-9-27-10-8-25)18(22)12-16(13)14(2)23-24-20(26)15-5-3-4-6-17(15)21/h3-6,11-12H,7-10H2,1-2H3,(H,24,26)/b23-14-. The van der Waals surface area contributed by atoms with Gasteiger partial charge in [0.15, 0.2) is 0 Å². The fourth-order valence-corrected chi connectivity index (χ4v) is 3.22. The van der Waals surface area contributed by atoms with Gasteiger partial charge in [-0.25, -0.2) is 9.82 Å². The van der Waals surface area contributed by atoms with Crippen LogP contribution in [-0.4, -0.2) is 37.9 Å². The normalized spacial score (nSPS) is 15.0. The highest BCUT2D eigenvalue weighted by molar-refractivity contribution is 6.33. The number of ether oxygens (including phenoxy) is 1. The lowest BCUT2D eigenvalue weighted by molar-refractivity contribution is 0.0955. The first-order valence-electron chi connectivity index (χ1n) is 8.69. The predicted molar refractivity (Wildman–Crippen MR) is 105 cm³/mol. The Morgan fingerprint density at radius 3 is 2.63 bits per heavy atom. The summed E-state index contributed by atoms with van der Waals surface area (Å²) >= 11 is 6.02. The molecule has 27 heavy (non-hydrogen) atoms. The van der Waals surface area contributed by atoms with Gasteiger partial charge in [0.25, 0.3) is 5.91 Å². The molecule has 0 bridgehead atoms. The molecule has 0 aliphatic carbocycles. The fourth-order valence-electron chi connectivity index (χ4n) is 3.00. The number of aryl methyl sites for hydroxylation is 1. The highest BCUT2D eigenvalue weighted by Crippen LogP contribution is 2.25. The molecular weight excluding hydrogens is 369 g/mol. The van der Waals surface area contributed by atoms with E-state index in [4.69, 9.17) is 16.3 Å². The molecule has 142 valence electrons. The lowest BCUT2D eigenvalue weighted by Gasteiger charge is -2.29. The number of nitrogens with zero attached hydrogens (tertiary/aromatic N) is 2. The molecule has 1 aliphatic heterocycles. The van der Waals surface area contributed by atoms with Gasteiger partial charge in [-0.3, -0.25) is 4.79 Å². The van der Waals surface area contributed by atoms with Crippen molar-refractivity contribution in [2.75, 3.05) is 31.2 Å². The van der Waals surface area contributed by atoms with Crippen LogP contribution in [-0.2, 0) is 4.74 Å². The third-order valence-electron chi connectivity index (χ3n) is 4.48. The average molecular weight is 390 g/mol. The van der Waals surface area contributed by atoms with Crippen LogP contribution in [0.3, 0.4) is 0 Å². The summed E-state index contributed by atoms with van der Waals surface area (Å²) in [5.41, 5.74) is 5.41. The molecule has 0 radical (unpaired) electrons. The monoisotopic (exact) mass is 389 g/mol. The Kier molecular flexibility index (Phi) is 6.08. The van der Waals surface area contributed by atoms with Gasteiger partial charge >= 0.3 is 0 Å². The van der Waals surface area contributed by atoms with Crippen molar-refractivity contribution in [2.45, 2.75) is 13.8 Å². The van der Waals surface area contributed by atoms with Gasteiger partial charge in [0.1, 0.15) is 5.82 Å². The molecule has 1 saturated heterocycles. The molecule has 0 unspecified atom stereocenters. The molecule has 0 saturated carbocycles. The van der Waals surface area contributed by atoms with Gasteiger partial charge in [0.05, 0.1) is 35.2 Å². The lowest BCUT2D eigenvalue weighted by Crippen LogP contribution is -2.36. The van der Waals surface area contributed by atoms with Crippen molar-refractivity contribution in [3.05, 3.63) is 63.9 Å². The second-order valence-corrected chi connectivity index (χ2v) is 6.74. The summed E-state index contributed by atoms with van der Waals surface area (Å²) < 4.78 is 20.0. The molecule has 2 aromatic rings. The first kappa shape index (κ1) is 19.3. The second kappa shape index (κ2) is 8.50. The number of hydrogen-bond acceptors (Lipinski definition) is 4. The number of hydrogen-bond donors (Lipinski definition) is 1. The van der Waals surface area contributed by atoms with E-state index in [1.54, 1.807) is 31.2 Å². The number of anilines is 1. The van der Waals surface area contributed by atoms with E-state index < -0.39 is 5.91 Å². The van der Waals surface area contributed by atoms with Gasteiger partial charge in [-0.1, -0.05) is 23.7 Å². The molecular formula is C20H21ClFN3O2. The molecule has 1 aliphatic rings. The first-order valence-corrected chi connectivity index (χ1v) is 9.07. The number of amides is 1. The minimum absolute atomic E-state index is 0.315. The Morgan fingerprint density at radius 1 is 1.22 bits per heavy atom. The largest absolute Gasteiger partial charge is 0.378 e. The molecule has 1 heterocycles. The number of benzene rings is 2. The summed E-state index contributed by atoms with van der Waals surface area (Å²) in [6.45, 7) is 6.13. The molecule has 3 rings (SSSR count). The van der Waals surface area contributed by atoms with Crippen LogP contribution < -0.4 is 10.3 Å². The number of morpholine rings is 1. The van der Waals surface area contributed by atoms with E-state index in [-0.39, 0.29) is 5.82 Å². The van der Waals surface area contributed by atoms with Gasteiger partial charge in [0.2, 0.25) is 0 Å². The van der Waals surface area contributed by atoms with Gasteiger partial charge in [0, 0.05) is 18.7 Å². The van der Waals surface area contributed by atoms with Crippen LogP contribution in [0.25, 0.3) is 0 Å². The number of nitrogens with one attached hydrogen (secondary N) is 1. The predicted octanol–water partition coefficient (Wildman–Crippen LogP) is 3.78. The van der Waals surface area contributed by atoms with Crippen LogP contribution in [0.15, 0.2) is 41.5 Å². The molecule has 1 N–H and O–H groups in total. The summed E-state index contributed by atoms with van der Waals surface area (Å²) in [4.78, 5) is 14.2. The summed E-state index contributed by atoms with van der Waals surface area (Å²) in [6, 6.07) is 9.99.